The van der Waals surface area contributed by atoms with Crippen molar-refractivity contribution in [1.82, 2.24) is 14.7 Å². The van der Waals surface area contributed by atoms with Crippen LogP contribution >= 0.6 is 0 Å². The van der Waals surface area contributed by atoms with E-state index in [9.17, 15) is 14.7 Å². The normalized spacial score (nSPS) is 16.1. The summed E-state index contributed by atoms with van der Waals surface area (Å²) in [4.78, 5) is 26.7. The van der Waals surface area contributed by atoms with Crippen LogP contribution in [0.15, 0.2) is 0 Å². The molecule has 1 fully saturated rings. The molecule has 0 atom stereocenters. The molecule has 0 radical (unpaired) electrons. The Morgan fingerprint density at radius 1 is 1.20 bits per heavy atom. The molecule has 7 nitrogen and oxygen atoms in total. The van der Waals surface area contributed by atoms with E-state index in [1.54, 1.807) is 30.5 Å². The first kappa shape index (κ1) is 14.4. The van der Waals surface area contributed by atoms with Crippen molar-refractivity contribution in [2.75, 3.05) is 31.1 Å². The average molecular weight is 280 g/mol. The molecule has 0 bridgehead atoms. The molecule has 1 amide bonds. The maximum Gasteiger partial charge on any atom is 0.341 e. The molecule has 1 aliphatic heterocycles. The number of carbonyl (C=O) groups excluding carboxylic acids is 1. The van der Waals surface area contributed by atoms with Crippen LogP contribution < -0.4 is 4.90 Å². The van der Waals surface area contributed by atoms with Crippen molar-refractivity contribution in [3.63, 3.8) is 0 Å². The van der Waals surface area contributed by atoms with Crippen molar-refractivity contribution in [3.8, 4) is 0 Å². The van der Waals surface area contributed by atoms with E-state index in [1.807, 2.05) is 4.90 Å². The molecular weight excluding hydrogens is 260 g/mol. The molecule has 1 N–H and O–H groups in total. The number of hydrogen-bond donors (Lipinski definition) is 1. The Kier molecular flexibility index (Phi) is 3.96. The third-order valence-corrected chi connectivity index (χ3v) is 3.65. The van der Waals surface area contributed by atoms with Crippen LogP contribution in [0.1, 0.15) is 29.4 Å². The zero-order valence-corrected chi connectivity index (χ0v) is 12.1. The number of nitrogens with zero attached hydrogens (tertiary/aromatic N) is 4. The first-order valence-corrected chi connectivity index (χ1v) is 6.69. The molecule has 2 rings (SSSR count). The predicted octanol–water partition coefficient (Wildman–Crippen LogP) is 0.485. The van der Waals surface area contributed by atoms with Crippen LogP contribution in [-0.4, -0.2) is 57.8 Å². The van der Waals surface area contributed by atoms with Gasteiger partial charge in [-0.2, -0.15) is 5.10 Å². The highest BCUT2D eigenvalue weighted by molar-refractivity contribution is 5.94. The lowest BCUT2D eigenvalue weighted by atomic mass is 10.2. The number of aromatic nitrogens is 2. The first-order valence-electron chi connectivity index (χ1n) is 6.69. The summed E-state index contributed by atoms with van der Waals surface area (Å²) in [6.07, 6.45) is 0.822. The standard InChI is InChI=1S/C13H20N4O3/c1-9-11(13(19)20)12(15(3)14-9)17-6-4-5-16(7-8-17)10(2)18/h4-8H2,1-3H3,(H,19,20). The number of carbonyl (C=O) groups is 2. The van der Waals surface area contributed by atoms with Crippen LogP contribution in [0.2, 0.25) is 0 Å². The van der Waals surface area contributed by atoms with Gasteiger partial charge in [0.05, 0.1) is 5.69 Å². The van der Waals surface area contributed by atoms with Gasteiger partial charge in [0.15, 0.2) is 0 Å². The number of aromatic carboxylic acids is 1. The average Bonchev–Trinajstić information content (AvgIpc) is 2.54. The second-order valence-electron chi connectivity index (χ2n) is 5.06. The molecular formula is C13H20N4O3. The molecule has 110 valence electrons. The van der Waals surface area contributed by atoms with Crippen molar-refractivity contribution in [3.05, 3.63) is 11.3 Å². The molecule has 0 aromatic carbocycles. The van der Waals surface area contributed by atoms with Crippen LogP contribution in [-0.2, 0) is 11.8 Å². The quantitative estimate of drug-likeness (QED) is 0.852. The van der Waals surface area contributed by atoms with E-state index in [4.69, 9.17) is 0 Å². The highest BCUT2D eigenvalue weighted by Gasteiger charge is 2.26. The maximum absolute atomic E-state index is 11.4. The van der Waals surface area contributed by atoms with Gasteiger partial charge in [0.2, 0.25) is 5.91 Å². The molecule has 0 unspecified atom stereocenters. The Balaban J connectivity index is 2.28. The lowest BCUT2D eigenvalue weighted by Crippen LogP contribution is -2.34. The number of amides is 1. The SMILES string of the molecule is CC(=O)N1CCCN(c2c(C(=O)O)c(C)nn2C)CC1. The van der Waals surface area contributed by atoms with Crippen molar-refractivity contribution in [1.29, 1.82) is 0 Å². The number of carboxylic acid groups (broad SMARTS) is 1. The Bertz CT molecular complexity index is 538. The fourth-order valence-corrected chi connectivity index (χ4v) is 2.70. The van der Waals surface area contributed by atoms with Crippen molar-refractivity contribution in [2.24, 2.45) is 7.05 Å². The molecule has 0 aliphatic carbocycles. The lowest BCUT2D eigenvalue weighted by Gasteiger charge is -2.23. The summed E-state index contributed by atoms with van der Waals surface area (Å²) in [6, 6.07) is 0. The number of hydrogen-bond acceptors (Lipinski definition) is 4. The highest BCUT2D eigenvalue weighted by Crippen LogP contribution is 2.24. The molecule has 0 saturated carbocycles. The molecule has 20 heavy (non-hydrogen) atoms. The minimum atomic E-state index is -0.960. The molecule has 0 spiro atoms. The van der Waals surface area contributed by atoms with E-state index in [0.29, 0.717) is 31.1 Å². The zero-order valence-electron chi connectivity index (χ0n) is 12.1. The van der Waals surface area contributed by atoms with Crippen LogP contribution in [0.3, 0.4) is 0 Å². The van der Waals surface area contributed by atoms with Gasteiger partial charge in [-0.3, -0.25) is 9.48 Å². The lowest BCUT2D eigenvalue weighted by molar-refractivity contribution is -0.128. The topological polar surface area (TPSA) is 78.7 Å². The number of carboxylic acids is 1. The van der Waals surface area contributed by atoms with Gasteiger partial charge in [0.1, 0.15) is 11.4 Å². The number of aryl methyl sites for hydroxylation is 2. The van der Waals surface area contributed by atoms with E-state index in [2.05, 4.69) is 5.10 Å². The van der Waals surface area contributed by atoms with Crippen LogP contribution in [0, 0.1) is 6.92 Å². The summed E-state index contributed by atoms with van der Waals surface area (Å²) in [5.41, 5.74) is 0.770. The molecule has 1 aliphatic rings. The van der Waals surface area contributed by atoms with E-state index in [-0.39, 0.29) is 11.5 Å². The van der Waals surface area contributed by atoms with Gasteiger partial charge in [0, 0.05) is 40.2 Å². The van der Waals surface area contributed by atoms with Crippen molar-refractivity contribution < 1.29 is 14.7 Å². The Labute approximate surface area is 117 Å². The van der Waals surface area contributed by atoms with Crippen LogP contribution in [0.4, 0.5) is 5.82 Å². The van der Waals surface area contributed by atoms with Crippen molar-refractivity contribution in [2.45, 2.75) is 20.3 Å². The van der Waals surface area contributed by atoms with Crippen LogP contribution in [0.5, 0.6) is 0 Å². The first-order chi connectivity index (χ1) is 9.41. The second kappa shape index (κ2) is 5.52. The van der Waals surface area contributed by atoms with Gasteiger partial charge in [-0.1, -0.05) is 0 Å². The van der Waals surface area contributed by atoms with E-state index in [1.165, 1.54) is 0 Å². The molecule has 7 heteroatoms. The van der Waals surface area contributed by atoms with Gasteiger partial charge in [0.25, 0.3) is 0 Å². The zero-order chi connectivity index (χ0) is 14.9. The molecule has 1 aromatic rings. The maximum atomic E-state index is 11.4. The monoisotopic (exact) mass is 280 g/mol. The summed E-state index contributed by atoms with van der Waals surface area (Å²) in [5.74, 6) is -0.273. The van der Waals surface area contributed by atoms with E-state index >= 15 is 0 Å². The van der Waals surface area contributed by atoms with Gasteiger partial charge >= 0.3 is 5.97 Å². The Morgan fingerprint density at radius 3 is 2.50 bits per heavy atom. The van der Waals surface area contributed by atoms with Gasteiger partial charge in [-0.05, 0) is 13.3 Å². The van der Waals surface area contributed by atoms with Gasteiger partial charge in [-0.25, -0.2) is 4.79 Å². The van der Waals surface area contributed by atoms with E-state index < -0.39 is 5.97 Å². The summed E-state index contributed by atoms with van der Waals surface area (Å²) in [7, 11) is 1.75. The third kappa shape index (κ3) is 2.61. The smallest absolute Gasteiger partial charge is 0.341 e. The highest BCUT2D eigenvalue weighted by atomic mass is 16.4. The number of anilines is 1. The molecule has 1 aromatic heterocycles. The minimum absolute atomic E-state index is 0.0616. The van der Waals surface area contributed by atoms with Gasteiger partial charge in [-0.15, -0.1) is 0 Å². The summed E-state index contributed by atoms with van der Waals surface area (Å²) >= 11 is 0. The van der Waals surface area contributed by atoms with E-state index in [0.717, 1.165) is 13.0 Å². The molecule has 1 saturated heterocycles. The summed E-state index contributed by atoms with van der Waals surface area (Å²) < 4.78 is 1.61. The van der Waals surface area contributed by atoms with Gasteiger partial charge < -0.3 is 14.9 Å². The van der Waals surface area contributed by atoms with Crippen LogP contribution in [0.25, 0.3) is 0 Å². The third-order valence-electron chi connectivity index (χ3n) is 3.65. The number of rotatable bonds is 2. The van der Waals surface area contributed by atoms with Crippen molar-refractivity contribution >= 4 is 17.7 Å². The molecule has 2 heterocycles. The fraction of sp³-hybridized carbons (Fsp3) is 0.615. The minimum Gasteiger partial charge on any atom is -0.477 e. The second-order valence-corrected chi connectivity index (χ2v) is 5.06. The largest absolute Gasteiger partial charge is 0.477 e. The Hall–Kier alpha value is -2.05. The summed E-state index contributed by atoms with van der Waals surface area (Å²) in [5, 5.41) is 13.6. The predicted molar refractivity (Wildman–Crippen MR) is 74.0 cm³/mol. The fourth-order valence-electron chi connectivity index (χ4n) is 2.70. The Morgan fingerprint density at radius 2 is 1.90 bits per heavy atom. The summed E-state index contributed by atoms with van der Waals surface area (Å²) in [6.45, 7) is 5.94.